The Balaban J connectivity index is 1.58. The Morgan fingerprint density at radius 1 is 1.09 bits per heavy atom. The van der Waals surface area contributed by atoms with E-state index in [1.54, 1.807) is 30.3 Å². The van der Waals surface area contributed by atoms with Crippen LogP contribution in [0.1, 0.15) is 24.0 Å². The van der Waals surface area contributed by atoms with Crippen LogP contribution in [0.3, 0.4) is 0 Å². The Morgan fingerprint density at radius 3 is 2.64 bits per heavy atom. The summed E-state index contributed by atoms with van der Waals surface area (Å²) >= 11 is 12.6. The number of rotatable bonds is 2. The average molecular weight is 486 g/mol. The number of carbonyl (C=O) groups is 3. The monoisotopic (exact) mass is 485 g/mol. The van der Waals surface area contributed by atoms with Gasteiger partial charge in [0.15, 0.2) is 0 Å². The van der Waals surface area contributed by atoms with Crippen molar-refractivity contribution in [2.45, 2.75) is 31.3 Å². The van der Waals surface area contributed by atoms with Crippen molar-refractivity contribution in [2.75, 3.05) is 23.9 Å². The second-order valence-electron chi connectivity index (χ2n) is 9.10. The summed E-state index contributed by atoms with van der Waals surface area (Å²) < 4.78 is 5.43. The molecule has 0 saturated carbocycles. The summed E-state index contributed by atoms with van der Waals surface area (Å²) in [6, 6.07) is 8.17. The van der Waals surface area contributed by atoms with Crippen molar-refractivity contribution >= 4 is 52.3 Å². The highest BCUT2D eigenvalue weighted by Crippen LogP contribution is 2.61. The maximum Gasteiger partial charge on any atom is 0.250 e. The third-order valence-corrected chi connectivity index (χ3v) is 8.10. The predicted molar refractivity (Wildman–Crippen MR) is 124 cm³/mol. The number of ether oxygens (including phenoxy) is 1. The molecule has 0 bridgehead atoms. The van der Waals surface area contributed by atoms with Gasteiger partial charge < -0.3 is 10.1 Å². The van der Waals surface area contributed by atoms with Crippen molar-refractivity contribution in [2.24, 2.45) is 11.8 Å². The van der Waals surface area contributed by atoms with Crippen LogP contribution in [0.25, 0.3) is 0 Å². The zero-order valence-corrected chi connectivity index (χ0v) is 19.5. The third kappa shape index (κ3) is 2.47. The molecule has 0 aliphatic carbocycles. The van der Waals surface area contributed by atoms with Gasteiger partial charge in [0, 0.05) is 27.3 Å². The van der Waals surface area contributed by atoms with E-state index in [-0.39, 0.29) is 17.9 Å². The number of amides is 3. The molecular formula is C24H21Cl2N3O4. The van der Waals surface area contributed by atoms with E-state index in [0.29, 0.717) is 39.3 Å². The van der Waals surface area contributed by atoms with Gasteiger partial charge in [-0.3, -0.25) is 19.3 Å². The number of nitrogens with one attached hydrogen (secondary N) is 1. The fourth-order valence-corrected chi connectivity index (χ4v) is 6.95. The van der Waals surface area contributed by atoms with Crippen LogP contribution >= 0.6 is 23.2 Å². The smallest absolute Gasteiger partial charge is 0.250 e. The molecular weight excluding hydrogens is 465 g/mol. The number of nitrogens with zero attached hydrogens (tertiary/aromatic N) is 2. The van der Waals surface area contributed by atoms with E-state index in [2.05, 4.69) is 10.2 Å². The fraction of sp³-hybridized carbons (Fsp3) is 0.375. The standard InChI is InChI=1S/C24H21Cl2N3O4/c1-11-8-13(26)9-14-20(11)27-23(32)24(14)19-18(15-4-3-7-28(15)24)21(30)29(22(19)31)16-10-12(25)5-6-17(16)33-2/h5-6,8-10,15,18-19H,3-4,7H2,1-2H3,(H,27,32). The summed E-state index contributed by atoms with van der Waals surface area (Å²) in [5.74, 6) is -2.14. The summed E-state index contributed by atoms with van der Waals surface area (Å²) in [4.78, 5) is 44.9. The van der Waals surface area contributed by atoms with Crippen molar-refractivity contribution in [3.05, 3.63) is 51.5 Å². The van der Waals surface area contributed by atoms with Gasteiger partial charge >= 0.3 is 0 Å². The van der Waals surface area contributed by atoms with E-state index >= 15 is 0 Å². The molecule has 4 atom stereocenters. The van der Waals surface area contributed by atoms with E-state index < -0.39 is 23.3 Å². The zero-order valence-electron chi connectivity index (χ0n) is 18.0. The molecule has 1 spiro atoms. The fourth-order valence-electron chi connectivity index (χ4n) is 6.51. The highest BCUT2D eigenvalue weighted by molar-refractivity contribution is 6.32. The van der Waals surface area contributed by atoms with Crippen molar-refractivity contribution < 1.29 is 19.1 Å². The molecule has 170 valence electrons. The number of benzene rings is 2. The van der Waals surface area contributed by atoms with E-state index in [9.17, 15) is 14.4 Å². The lowest BCUT2D eigenvalue weighted by atomic mass is 9.75. The van der Waals surface area contributed by atoms with E-state index in [1.165, 1.54) is 12.0 Å². The average Bonchev–Trinajstić information content (AvgIpc) is 3.47. The summed E-state index contributed by atoms with van der Waals surface area (Å²) in [6.07, 6.45) is 1.59. The first-order valence-corrected chi connectivity index (χ1v) is 11.7. The maximum absolute atomic E-state index is 14.1. The second kappa shape index (κ2) is 6.95. The molecule has 33 heavy (non-hydrogen) atoms. The molecule has 9 heteroatoms. The zero-order chi connectivity index (χ0) is 23.2. The lowest BCUT2D eigenvalue weighted by Gasteiger charge is -2.36. The topological polar surface area (TPSA) is 79.0 Å². The minimum atomic E-state index is -1.27. The van der Waals surface area contributed by atoms with Gasteiger partial charge in [0.05, 0.1) is 24.6 Å². The van der Waals surface area contributed by atoms with Crippen LogP contribution in [-0.4, -0.2) is 42.3 Å². The molecule has 4 aliphatic rings. The lowest BCUT2D eigenvalue weighted by molar-refractivity contribution is -0.135. The molecule has 2 aromatic carbocycles. The van der Waals surface area contributed by atoms with Crippen LogP contribution in [-0.2, 0) is 19.9 Å². The quantitative estimate of drug-likeness (QED) is 0.655. The summed E-state index contributed by atoms with van der Waals surface area (Å²) in [7, 11) is 1.48. The lowest BCUT2D eigenvalue weighted by Crippen LogP contribution is -2.54. The molecule has 6 rings (SSSR count). The Labute approximate surface area is 200 Å². The molecule has 2 aromatic rings. The molecule has 4 unspecified atom stereocenters. The molecule has 7 nitrogen and oxygen atoms in total. The van der Waals surface area contributed by atoms with E-state index in [0.717, 1.165) is 18.4 Å². The van der Waals surface area contributed by atoms with Crippen LogP contribution in [0.15, 0.2) is 30.3 Å². The number of halogens is 2. The molecule has 4 aliphatic heterocycles. The van der Waals surface area contributed by atoms with Crippen molar-refractivity contribution in [1.29, 1.82) is 0 Å². The van der Waals surface area contributed by atoms with Gasteiger partial charge in [0.1, 0.15) is 11.3 Å². The van der Waals surface area contributed by atoms with Crippen molar-refractivity contribution in [3.8, 4) is 5.75 Å². The number of hydrogen-bond acceptors (Lipinski definition) is 5. The van der Waals surface area contributed by atoms with Crippen LogP contribution in [0.4, 0.5) is 11.4 Å². The molecule has 3 fully saturated rings. The van der Waals surface area contributed by atoms with E-state index in [4.69, 9.17) is 27.9 Å². The number of imide groups is 1. The number of aryl methyl sites for hydroxylation is 1. The maximum atomic E-state index is 14.1. The van der Waals surface area contributed by atoms with Crippen LogP contribution in [0.5, 0.6) is 5.75 Å². The number of methoxy groups -OCH3 is 1. The van der Waals surface area contributed by atoms with Crippen molar-refractivity contribution in [1.82, 2.24) is 4.90 Å². The highest BCUT2D eigenvalue weighted by atomic mass is 35.5. The van der Waals surface area contributed by atoms with Gasteiger partial charge in [0.25, 0.3) is 0 Å². The first-order chi connectivity index (χ1) is 15.8. The van der Waals surface area contributed by atoms with Crippen LogP contribution in [0.2, 0.25) is 10.0 Å². The van der Waals surface area contributed by atoms with Crippen molar-refractivity contribution in [3.63, 3.8) is 0 Å². The molecule has 3 saturated heterocycles. The number of anilines is 2. The highest BCUT2D eigenvalue weighted by Gasteiger charge is 2.75. The predicted octanol–water partition coefficient (Wildman–Crippen LogP) is 3.74. The third-order valence-electron chi connectivity index (χ3n) is 7.65. The van der Waals surface area contributed by atoms with Gasteiger partial charge in [-0.15, -0.1) is 0 Å². The SMILES string of the molecule is COc1ccc(Cl)cc1N1C(=O)C2C3CCCN3C3(C(=O)Nc4c(C)cc(Cl)cc43)C2C1=O. The number of hydrogen-bond donors (Lipinski definition) is 1. The van der Waals surface area contributed by atoms with Gasteiger partial charge in [-0.2, -0.15) is 0 Å². The van der Waals surface area contributed by atoms with Crippen LogP contribution < -0.4 is 15.0 Å². The second-order valence-corrected chi connectivity index (χ2v) is 9.97. The Bertz CT molecular complexity index is 1260. The summed E-state index contributed by atoms with van der Waals surface area (Å²) in [5, 5.41) is 3.88. The largest absolute Gasteiger partial charge is 0.495 e. The first kappa shape index (κ1) is 21.0. The van der Waals surface area contributed by atoms with Gasteiger partial charge in [0.2, 0.25) is 17.7 Å². The normalized spacial score (nSPS) is 30.1. The number of fused-ring (bicyclic) bond motifs is 7. The summed E-state index contributed by atoms with van der Waals surface area (Å²) in [5.41, 5.74) is 1.21. The van der Waals surface area contributed by atoms with Gasteiger partial charge in [-0.25, -0.2) is 4.90 Å². The number of carbonyl (C=O) groups excluding carboxylic acids is 3. The van der Waals surface area contributed by atoms with Gasteiger partial charge in [-0.1, -0.05) is 23.2 Å². The molecule has 0 aromatic heterocycles. The Hall–Kier alpha value is -2.61. The molecule has 3 amide bonds. The molecule has 0 radical (unpaired) electrons. The summed E-state index contributed by atoms with van der Waals surface area (Å²) in [6.45, 7) is 2.51. The molecule has 1 N–H and O–H groups in total. The minimum Gasteiger partial charge on any atom is -0.495 e. The molecule has 4 heterocycles. The Morgan fingerprint density at radius 2 is 1.88 bits per heavy atom. The van der Waals surface area contributed by atoms with Gasteiger partial charge in [-0.05, 0) is 62.2 Å². The van der Waals surface area contributed by atoms with E-state index in [1.807, 2.05) is 6.92 Å². The van der Waals surface area contributed by atoms with Crippen LogP contribution in [0, 0.1) is 18.8 Å². The minimum absolute atomic E-state index is 0.211. The Kier molecular flexibility index (Phi) is 4.41. The first-order valence-electron chi connectivity index (χ1n) is 10.9.